The van der Waals surface area contributed by atoms with Gasteiger partial charge in [-0.15, -0.1) is 11.3 Å². The molecular formula is C15H16N4S. The third-order valence-corrected chi connectivity index (χ3v) is 4.10. The van der Waals surface area contributed by atoms with Crippen LogP contribution in [0.5, 0.6) is 0 Å². The van der Waals surface area contributed by atoms with Gasteiger partial charge in [-0.25, -0.2) is 15.8 Å². The Kier molecular flexibility index (Phi) is 3.38. The first-order valence-electron chi connectivity index (χ1n) is 6.50. The number of hydrogen-bond acceptors (Lipinski definition) is 5. The number of nitrogens with one attached hydrogen (secondary N) is 1. The molecule has 3 N–H and O–H groups in total. The molecule has 0 saturated heterocycles. The van der Waals surface area contributed by atoms with Gasteiger partial charge in [-0.3, -0.25) is 0 Å². The molecule has 0 aliphatic carbocycles. The molecule has 102 valence electrons. The van der Waals surface area contributed by atoms with Crippen molar-refractivity contribution in [2.24, 2.45) is 5.84 Å². The summed E-state index contributed by atoms with van der Waals surface area (Å²) in [6.45, 7) is 4.27. The Balaban J connectivity index is 2.18. The summed E-state index contributed by atoms with van der Waals surface area (Å²) in [6, 6.07) is 8.34. The first-order valence-corrected chi connectivity index (χ1v) is 7.38. The highest BCUT2D eigenvalue weighted by molar-refractivity contribution is 7.13. The standard InChI is InChI=1S/C15H16N4S/c1-9(2)12-8-11-7-10(15-17-5-6-20-15)3-4-13(11)18-14(12)19-16/h3-9H,16H2,1-2H3,(H,18,19). The lowest BCUT2D eigenvalue weighted by Gasteiger charge is -2.13. The fourth-order valence-corrected chi connectivity index (χ4v) is 2.88. The van der Waals surface area contributed by atoms with Crippen LogP contribution in [0.25, 0.3) is 21.5 Å². The first-order chi connectivity index (χ1) is 9.69. The summed E-state index contributed by atoms with van der Waals surface area (Å²) in [4.78, 5) is 8.93. The van der Waals surface area contributed by atoms with Crippen LogP contribution in [-0.2, 0) is 0 Å². The van der Waals surface area contributed by atoms with Crippen LogP contribution >= 0.6 is 11.3 Å². The second kappa shape index (κ2) is 5.19. The normalized spacial score (nSPS) is 11.2. The topological polar surface area (TPSA) is 63.8 Å². The molecule has 4 nitrogen and oxygen atoms in total. The Bertz CT molecular complexity index is 735. The first kappa shape index (κ1) is 13.0. The molecular weight excluding hydrogens is 268 g/mol. The van der Waals surface area contributed by atoms with Gasteiger partial charge >= 0.3 is 0 Å². The summed E-state index contributed by atoms with van der Waals surface area (Å²) in [6.07, 6.45) is 1.82. The lowest BCUT2D eigenvalue weighted by atomic mass is 10.0. The molecule has 0 saturated carbocycles. The van der Waals surface area contributed by atoms with Crippen molar-refractivity contribution in [2.75, 3.05) is 5.43 Å². The smallest absolute Gasteiger partial charge is 0.144 e. The number of nitrogen functional groups attached to an aromatic ring is 1. The third kappa shape index (κ3) is 2.26. The average Bonchev–Trinajstić information content (AvgIpc) is 2.99. The number of pyridine rings is 1. The highest BCUT2D eigenvalue weighted by Gasteiger charge is 2.10. The molecule has 5 heteroatoms. The van der Waals surface area contributed by atoms with Gasteiger partial charge in [0.15, 0.2) is 0 Å². The van der Waals surface area contributed by atoms with Crippen LogP contribution in [0.3, 0.4) is 0 Å². The van der Waals surface area contributed by atoms with E-state index in [4.69, 9.17) is 5.84 Å². The van der Waals surface area contributed by atoms with Crippen LogP contribution in [0, 0.1) is 0 Å². The predicted octanol–water partition coefficient (Wildman–Crippen LogP) is 3.77. The Hall–Kier alpha value is -1.98. The van der Waals surface area contributed by atoms with E-state index in [-0.39, 0.29) is 0 Å². The molecule has 2 heterocycles. The summed E-state index contributed by atoms with van der Waals surface area (Å²) < 4.78 is 0. The average molecular weight is 284 g/mol. The predicted molar refractivity (Wildman–Crippen MR) is 84.8 cm³/mol. The fraction of sp³-hybridized carbons (Fsp3) is 0.200. The monoisotopic (exact) mass is 284 g/mol. The van der Waals surface area contributed by atoms with Gasteiger partial charge in [0, 0.05) is 22.5 Å². The molecule has 3 aromatic rings. The van der Waals surface area contributed by atoms with Crippen molar-refractivity contribution >= 4 is 28.1 Å². The molecule has 20 heavy (non-hydrogen) atoms. The van der Waals surface area contributed by atoms with E-state index >= 15 is 0 Å². The van der Waals surface area contributed by atoms with E-state index < -0.39 is 0 Å². The number of thiazole rings is 1. The second-order valence-electron chi connectivity index (χ2n) is 4.97. The zero-order valence-corrected chi connectivity index (χ0v) is 12.2. The van der Waals surface area contributed by atoms with Gasteiger partial charge < -0.3 is 5.43 Å². The maximum Gasteiger partial charge on any atom is 0.144 e. The quantitative estimate of drug-likeness (QED) is 0.567. The highest BCUT2D eigenvalue weighted by atomic mass is 32.1. The van der Waals surface area contributed by atoms with Gasteiger partial charge in [0.1, 0.15) is 10.8 Å². The van der Waals surface area contributed by atoms with E-state index in [1.54, 1.807) is 11.3 Å². The zero-order valence-electron chi connectivity index (χ0n) is 11.4. The summed E-state index contributed by atoms with van der Waals surface area (Å²) >= 11 is 1.64. The summed E-state index contributed by atoms with van der Waals surface area (Å²) in [5, 5.41) is 4.12. The van der Waals surface area contributed by atoms with Crippen LogP contribution in [0.15, 0.2) is 35.8 Å². The second-order valence-corrected chi connectivity index (χ2v) is 5.86. The van der Waals surface area contributed by atoms with Crippen LogP contribution < -0.4 is 11.3 Å². The van der Waals surface area contributed by atoms with Crippen molar-refractivity contribution in [1.29, 1.82) is 0 Å². The summed E-state index contributed by atoms with van der Waals surface area (Å²) in [5.74, 6) is 6.67. The minimum atomic E-state index is 0.362. The number of nitrogens with zero attached hydrogens (tertiary/aromatic N) is 2. The van der Waals surface area contributed by atoms with E-state index in [0.717, 1.165) is 32.9 Å². The number of hydrogen-bond donors (Lipinski definition) is 2. The molecule has 0 bridgehead atoms. The molecule has 0 unspecified atom stereocenters. The van der Waals surface area contributed by atoms with E-state index in [2.05, 4.69) is 41.4 Å². The molecule has 0 amide bonds. The lowest BCUT2D eigenvalue weighted by Crippen LogP contribution is -2.11. The van der Waals surface area contributed by atoms with Crippen molar-refractivity contribution in [3.05, 3.63) is 41.4 Å². The van der Waals surface area contributed by atoms with Crippen LogP contribution in [0.2, 0.25) is 0 Å². The summed E-state index contributed by atoms with van der Waals surface area (Å²) in [7, 11) is 0. The Morgan fingerprint density at radius 2 is 2.10 bits per heavy atom. The third-order valence-electron chi connectivity index (χ3n) is 3.28. The maximum atomic E-state index is 5.57. The van der Waals surface area contributed by atoms with Gasteiger partial charge in [-0.2, -0.15) is 0 Å². The van der Waals surface area contributed by atoms with E-state index in [9.17, 15) is 0 Å². The van der Waals surface area contributed by atoms with Crippen molar-refractivity contribution in [2.45, 2.75) is 19.8 Å². The van der Waals surface area contributed by atoms with Gasteiger partial charge in [-0.1, -0.05) is 13.8 Å². The fourth-order valence-electron chi connectivity index (χ4n) is 2.25. The van der Waals surface area contributed by atoms with E-state index in [1.165, 1.54) is 0 Å². The Morgan fingerprint density at radius 1 is 1.25 bits per heavy atom. The van der Waals surface area contributed by atoms with Gasteiger partial charge in [-0.05, 0) is 35.7 Å². The maximum absolute atomic E-state index is 5.57. The molecule has 0 atom stereocenters. The number of aromatic nitrogens is 2. The molecule has 3 rings (SSSR count). The molecule has 2 aromatic heterocycles. The number of nitrogens with two attached hydrogens (primary N) is 1. The number of hydrazine groups is 1. The van der Waals surface area contributed by atoms with Crippen molar-refractivity contribution < 1.29 is 0 Å². The van der Waals surface area contributed by atoms with Crippen LogP contribution in [-0.4, -0.2) is 9.97 Å². The minimum Gasteiger partial charge on any atom is -0.308 e. The zero-order chi connectivity index (χ0) is 14.1. The van der Waals surface area contributed by atoms with Crippen LogP contribution in [0.4, 0.5) is 5.82 Å². The van der Waals surface area contributed by atoms with Gasteiger partial charge in [0.05, 0.1) is 5.52 Å². The lowest BCUT2D eigenvalue weighted by molar-refractivity contribution is 0.862. The van der Waals surface area contributed by atoms with E-state index in [1.807, 2.05) is 23.7 Å². The van der Waals surface area contributed by atoms with Crippen LogP contribution in [0.1, 0.15) is 25.3 Å². The SMILES string of the molecule is CC(C)c1cc2cc(-c3nccs3)ccc2nc1NN. The van der Waals surface area contributed by atoms with Crippen molar-refractivity contribution in [3.8, 4) is 10.6 Å². The molecule has 0 spiro atoms. The Morgan fingerprint density at radius 3 is 2.75 bits per heavy atom. The largest absolute Gasteiger partial charge is 0.308 e. The molecule has 0 aliphatic rings. The number of anilines is 1. The summed E-state index contributed by atoms with van der Waals surface area (Å²) in [5.41, 5.74) is 5.87. The van der Waals surface area contributed by atoms with Gasteiger partial charge in [0.25, 0.3) is 0 Å². The molecule has 1 aromatic carbocycles. The van der Waals surface area contributed by atoms with Crippen molar-refractivity contribution in [3.63, 3.8) is 0 Å². The molecule has 0 aliphatic heterocycles. The number of fused-ring (bicyclic) bond motifs is 1. The molecule has 0 radical (unpaired) electrons. The highest BCUT2D eigenvalue weighted by Crippen LogP contribution is 2.30. The van der Waals surface area contributed by atoms with Crippen molar-refractivity contribution in [1.82, 2.24) is 9.97 Å². The number of rotatable bonds is 3. The molecule has 0 fully saturated rings. The van der Waals surface area contributed by atoms with Gasteiger partial charge in [0.2, 0.25) is 0 Å². The van der Waals surface area contributed by atoms with E-state index in [0.29, 0.717) is 5.92 Å². The minimum absolute atomic E-state index is 0.362. The Labute approximate surface area is 121 Å². The number of benzene rings is 1.